The predicted molar refractivity (Wildman–Crippen MR) is 74.0 cm³/mol. The smallest absolute Gasteiger partial charge is 0.339 e. The molecule has 1 aromatic heterocycles. The highest BCUT2D eigenvalue weighted by Gasteiger charge is 2.13. The third-order valence-corrected chi connectivity index (χ3v) is 2.92. The summed E-state index contributed by atoms with van der Waals surface area (Å²) in [7, 11) is 1.24. The quantitative estimate of drug-likeness (QED) is 0.870. The number of halogens is 1. The SMILES string of the molecule is COC(=O)c1cnc(N[C@H](C)c2ccccc2)c(F)c1. The van der Waals surface area contributed by atoms with Crippen LogP contribution in [0.15, 0.2) is 42.6 Å². The Morgan fingerprint density at radius 2 is 2.05 bits per heavy atom. The lowest BCUT2D eigenvalue weighted by Crippen LogP contribution is -2.11. The molecule has 0 saturated heterocycles. The molecule has 0 radical (unpaired) electrons. The van der Waals surface area contributed by atoms with Crippen LogP contribution < -0.4 is 5.32 Å². The number of aromatic nitrogens is 1. The number of esters is 1. The van der Waals surface area contributed by atoms with Gasteiger partial charge < -0.3 is 10.1 Å². The van der Waals surface area contributed by atoms with Gasteiger partial charge in [0.2, 0.25) is 0 Å². The van der Waals surface area contributed by atoms with Gasteiger partial charge in [0.25, 0.3) is 0 Å². The summed E-state index contributed by atoms with van der Waals surface area (Å²) in [5.41, 5.74) is 1.11. The third kappa shape index (κ3) is 3.12. The highest BCUT2D eigenvalue weighted by atomic mass is 19.1. The Morgan fingerprint density at radius 3 is 2.65 bits per heavy atom. The Morgan fingerprint density at radius 1 is 1.35 bits per heavy atom. The van der Waals surface area contributed by atoms with Crippen LogP contribution in [0.3, 0.4) is 0 Å². The fourth-order valence-electron chi connectivity index (χ4n) is 1.80. The molecule has 0 spiro atoms. The van der Waals surface area contributed by atoms with E-state index >= 15 is 0 Å². The molecule has 1 N–H and O–H groups in total. The number of pyridine rings is 1. The van der Waals surface area contributed by atoms with Gasteiger partial charge in [0.1, 0.15) is 0 Å². The van der Waals surface area contributed by atoms with Gasteiger partial charge in [0.15, 0.2) is 11.6 Å². The van der Waals surface area contributed by atoms with Crippen molar-refractivity contribution in [3.8, 4) is 0 Å². The number of rotatable bonds is 4. The van der Waals surface area contributed by atoms with Crippen molar-refractivity contribution in [2.24, 2.45) is 0 Å². The van der Waals surface area contributed by atoms with Crippen molar-refractivity contribution in [1.29, 1.82) is 0 Å². The summed E-state index contributed by atoms with van der Waals surface area (Å²) in [6.45, 7) is 1.91. The molecule has 1 heterocycles. The van der Waals surface area contributed by atoms with Gasteiger partial charge in [0.05, 0.1) is 18.7 Å². The van der Waals surface area contributed by atoms with Crippen LogP contribution in [0, 0.1) is 5.82 Å². The van der Waals surface area contributed by atoms with Gasteiger partial charge in [-0.15, -0.1) is 0 Å². The molecule has 0 fully saturated rings. The topological polar surface area (TPSA) is 51.2 Å². The van der Waals surface area contributed by atoms with Crippen molar-refractivity contribution in [2.45, 2.75) is 13.0 Å². The summed E-state index contributed by atoms with van der Waals surface area (Å²) >= 11 is 0. The van der Waals surface area contributed by atoms with E-state index in [1.807, 2.05) is 37.3 Å². The summed E-state index contributed by atoms with van der Waals surface area (Å²) in [6.07, 6.45) is 1.29. The molecule has 2 aromatic rings. The second kappa shape index (κ2) is 6.14. The first-order valence-corrected chi connectivity index (χ1v) is 6.17. The van der Waals surface area contributed by atoms with E-state index in [9.17, 15) is 9.18 Å². The zero-order chi connectivity index (χ0) is 14.5. The number of hydrogen-bond donors (Lipinski definition) is 1. The molecule has 0 amide bonds. The minimum Gasteiger partial charge on any atom is -0.465 e. The minimum atomic E-state index is -0.612. The fourth-order valence-corrected chi connectivity index (χ4v) is 1.80. The van der Waals surface area contributed by atoms with Gasteiger partial charge in [-0.2, -0.15) is 0 Å². The van der Waals surface area contributed by atoms with Crippen LogP contribution in [0.25, 0.3) is 0 Å². The molecule has 0 unspecified atom stereocenters. The first-order chi connectivity index (χ1) is 9.61. The summed E-state index contributed by atoms with van der Waals surface area (Å²) in [5, 5.41) is 2.97. The maximum Gasteiger partial charge on any atom is 0.339 e. The van der Waals surface area contributed by atoms with Gasteiger partial charge in [0, 0.05) is 6.20 Å². The number of anilines is 1. The molecular formula is C15H15FN2O2. The largest absolute Gasteiger partial charge is 0.465 e. The van der Waals surface area contributed by atoms with Crippen molar-refractivity contribution < 1.29 is 13.9 Å². The summed E-state index contributed by atoms with van der Waals surface area (Å²) in [4.78, 5) is 15.2. The Bertz CT molecular complexity index is 602. The molecule has 20 heavy (non-hydrogen) atoms. The number of nitrogens with one attached hydrogen (secondary N) is 1. The van der Waals surface area contributed by atoms with Gasteiger partial charge in [-0.05, 0) is 18.6 Å². The monoisotopic (exact) mass is 274 g/mol. The Balaban J connectivity index is 2.16. The molecule has 1 atom stereocenters. The van der Waals surface area contributed by atoms with Gasteiger partial charge in [-0.25, -0.2) is 14.2 Å². The molecule has 0 aliphatic carbocycles. The van der Waals surface area contributed by atoms with Gasteiger partial charge in [-0.3, -0.25) is 0 Å². The van der Waals surface area contributed by atoms with Crippen molar-refractivity contribution in [3.63, 3.8) is 0 Å². The lowest BCUT2D eigenvalue weighted by Gasteiger charge is -2.15. The van der Waals surface area contributed by atoms with Crippen LogP contribution in [0.4, 0.5) is 10.2 Å². The maximum absolute atomic E-state index is 13.9. The first kappa shape index (κ1) is 14.0. The second-order valence-corrected chi connectivity index (χ2v) is 4.32. The molecule has 0 aliphatic heterocycles. The molecule has 0 aliphatic rings. The molecule has 1 aromatic carbocycles. The molecule has 2 rings (SSSR count). The van der Waals surface area contributed by atoms with Gasteiger partial charge in [-0.1, -0.05) is 30.3 Å². The standard InChI is InChI=1S/C15H15FN2O2/c1-10(11-6-4-3-5-7-11)18-14-13(16)8-12(9-17-14)15(19)20-2/h3-10H,1-2H3,(H,17,18)/t10-/m1/s1. The third-order valence-electron chi connectivity index (χ3n) is 2.92. The van der Waals surface area contributed by atoms with Crippen molar-refractivity contribution in [1.82, 2.24) is 4.98 Å². The molecule has 5 heteroatoms. The molecule has 0 bridgehead atoms. The van der Waals surface area contributed by atoms with E-state index in [1.165, 1.54) is 13.3 Å². The summed E-state index contributed by atoms with van der Waals surface area (Å²) in [5.74, 6) is -1.09. The lowest BCUT2D eigenvalue weighted by molar-refractivity contribution is 0.0599. The van der Waals surface area contributed by atoms with E-state index in [0.717, 1.165) is 11.6 Å². The average Bonchev–Trinajstić information content (AvgIpc) is 2.49. The Labute approximate surface area is 116 Å². The molecule has 0 saturated carbocycles. The predicted octanol–water partition coefficient (Wildman–Crippen LogP) is 3.18. The number of carbonyl (C=O) groups excluding carboxylic acids is 1. The lowest BCUT2D eigenvalue weighted by atomic mass is 10.1. The van der Waals surface area contributed by atoms with Crippen LogP contribution in [0.5, 0.6) is 0 Å². The molecular weight excluding hydrogens is 259 g/mol. The maximum atomic E-state index is 13.9. The van der Waals surface area contributed by atoms with E-state index < -0.39 is 11.8 Å². The second-order valence-electron chi connectivity index (χ2n) is 4.32. The van der Waals surface area contributed by atoms with Crippen LogP contribution >= 0.6 is 0 Å². The summed E-state index contributed by atoms with van der Waals surface area (Å²) in [6, 6.07) is 10.6. The first-order valence-electron chi connectivity index (χ1n) is 6.17. The Kier molecular flexibility index (Phi) is 4.30. The number of carbonyl (C=O) groups is 1. The molecule has 104 valence electrons. The number of nitrogens with zero attached hydrogens (tertiary/aromatic N) is 1. The van der Waals surface area contributed by atoms with E-state index in [1.54, 1.807) is 0 Å². The zero-order valence-electron chi connectivity index (χ0n) is 11.3. The Hall–Kier alpha value is -2.43. The zero-order valence-corrected chi connectivity index (χ0v) is 11.3. The van der Waals surface area contributed by atoms with Crippen molar-refractivity contribution in [3.05, 3.63) is 59.5 Å². The number of ether oxygens (including phenoxy) is 1. The van der Waals surface area contributed by atoms with E-state index in [2.05, 4.69) is 15.0 Å². The minimum absolute atomic E-state index is 0.0860. The van der Waals surface area contributed by atoms with Crippen LogP contribution in [-0.2, 0) is 4.74 Å². The van der Waals surface area contributed by atoms with Crippen LogP contribution in [0.2, 0.25) is 0 Å². The number of hydrogen-bond acceptors (Lipinski definition) is 4. The molecule has 4 nitrogen and oxygen atoms in total. The fraction of sp³-hybridized carbons (Fsp3) is 0.200. The average molecular weight is 274 g/mol. The van der Waals surface area contributed by atoms with E-state index in [-0.39, 0.29) is 17.4 Å². The van der Waals surface area contributed by atoms with Crippen LogP contribution in [-0.4, -0.2) is 18.1 Å². The van der Waals surface area contributed by atoms with Crippen molar-refractivity contribution >= 4 is 11.8 Å². The highest BCUT2D eigenvalue weighted by molar-refractivity contribution is 5.89. The van der Waals surface area contributed by atoms with Crippen molar-refractivity contribution in [2.75, 3.05) is 12.4 Å². The normalized spacial score (nSPS) is 11.8. The summed E-state index contributed by atoms with van der Waals surface area (Å²) < 4.78 is 18.4. The van der Waals surface area contributed by atoms with E-state index in [4.69, 9.17) is 0 Å². The highest BCUT2D eigenvalue weighted by Crippen LogP contribution is 2.20. The number of benzene rings is 1. The van der Waals surface area contributed by atoms with Crippen LogP contribution in [0.1, 0.15) is 28.9 Å². The van der Waals surface area contributed by atoms with Gasteiger partial charge >= 0.3 is 5.97 Å². The van der Waals surface area contributed by atoms with E-state index in [0.29, 0.717) is 0 Å². The number of methoxy groups -OCH3 is 1.